The van der Waals surface area contributed by atoms with Gasteiger partial charge in [-0.1, -0.05) is 23.7 Å². The van der Waals surface area contributed by atoms with Crippen molar-refractivity contribution in [1.29, 1.82) is 0 Å². The summed E-state index contributed by atoms with van der Waals surface area (Å²) in [5.74, 6) is 0.236. The first-order valence-corrected chi connectivity index (χ1v) is 10.3. The number of carbonyl (C=O) groups excluding carboxylic acids is 2. The van der Waals surface area contributed by atoms with Crippen LogP contribution in [0.15, 0.2) is 59.7 Å². The Morgan fingerprint density at radius 1 is 1.27 bits per heavy atom. The topological polar surface area (TPSA) is 80.4 Å². The van der Waals surface area contributed by atoms with Crippen LogP contribution in [0.1, 0.15) is 40.6 Å². The molecule has 2 amide bonds. The molecule has 2 aromatic heterocycles. The molecule has 1 N–H and O–H groups in total. The van der Waals surface area contributed by atoms with Crippen LogP contribution < -0.4 is 5.32 Å². The number of halogens is 1. The number of furan rings is 1. The van der Waals surface area contributed by atoms with Crippen LogP contribution in [-0.4, -0.2) is 39.4 Å². The number of hydrogen-bond acceptors (Lipinski definition) is 4. The van der Waals surface area contributed by atoms with Crippen molar-refractivity contribution >= 4 is 23.4 Å². The number of nitrogens with zero attached hydrogens (tertiary/aromatic N) is 3. The van der Waals surface area contributed by atoms with E-state index in [4.69, 9.17) is 16.0 Å². The molecule has 1 fully saturated rings. The van der Waals surface area contributed by atoms with E-state index >= 15 is 0 Å². The fourth-order valence-electron chi connectivity index (χ4n) is 3.81. The standard InChI is InChI=1S/C22H23ClN4O3/c1-26-11-9-24-20(26)19(15-4-6-18(23)7-5-15)25-21(28)16-3-2-10-27(13-16)22(29)17-8-12-30-14-17/h4-9,11-12,14,16,19H,2-3,10,13H2,1H3,(H,25,28). The summed E-state index contributed by atoms with van der Waals surface area (Å²) in [5.41, 5.74) is 1.40. The van der Waals surface area contributed by atoms with E-state index in [-0.39, 0.29) is 17.7 Å². The van der Waals surface area contributed by atoms with Crippen LogP contribution in [0.5, 0.6) is 0 Å². The number of nitrogens with one attached hydrogen (secondary N) is 1. The fourth-order valence-corrected chi connectivity index (χ4v) is 3.94. The molecule has 1 aliphatic heterocycles. The highest BCUT2D eigenvalue weighted by molar-refractivity contribution is 6.30. The molecule has 3 aromatic rings. The lowest BCUT2D eigenvalue weighted by Gasteiger charge is -2.32. The molecule has 30 heavy (non-hydrogen) atoms. The molecule has 0 saturated carbocycles. The number of aryl methyl sites for hydroxylation is 1. The van der Waals surface area contributed by atoms with Gasteiger partial charge in [0.15, 0.2) is 0 Å². The second kappa shape index (κ2) is 8.75. The molecule has 0 aliphatic carbocycles. The van der Waals surface area contributed by atoms with E-state index in [2.05, 4.69) is 10.3 Å². The summed E-state index contributed by atoms with van der Waals surface area (Å²) in [5, 5.41) is 3.77. The minimum atomic E-state index is -0.408. The summed E-state index contributed by atoms with van der Waals surface area (Å²) in [7, 11) is 1.89. The molecule has 2 atom stereocenters. The van der Waals surface area contributed by atoms with Crippen molar-refractivity contribution in [1.82, 2.24) is 19.8 Å². The number of rotatable bonds is 5. The van der Waals surface area contributed by atoms with E-state index in [0.29, 0.717) is 23.7 Å². The van der Waals surface area contributed by atoms with Gasteiger partial charge in [-0.25, -0.2) is 4.98 Å². The molecule has 0 spiro atoms. The number of aromatic nitrogens is 2. The van der Waals surface area contributed by atoms with Crippen LogP contribution in [0.4, 0.5) is 0 Å². The molecule has 3 heterocycles. The van der Waals surface area contributed by atoms with Gasteiger partial charge >= 0.3 is 0 Å². The molecule has 0 bridgehead atoms. The van der Waals surface area contributed by atoms with Crippen molar-refractivity contribution in [2.75, 3.05) is 13.1 Å². The number of piperidine rings is 1. The van der Waals surface area contributed by atoms with Gasteiger partial charge in [0.1, 0.15) is 18.1 Å². The molecule has 1 aliphatic rings. The number of carbonyl (C=O) groups is 2. The third-order valence-electron chi connectivity index (χ3n) is 5.45. The van der Waals surface area contributed by atoms with Gasteiger partial charge in [-0.05, 0) is 36.6 Å². The summed E-state index contributed by atoms with van der Waals surface area (Å²) in [4.78, 5) is 32.0. The zero-order chi connectivity index (χ0) is 21.1. The molecule has 7 nitrogen and oxygen atoms in total. The van der Waals surface area contributed by atoms with Gasteiger partial charge in [0.25, 0.3) is 5.91 Å². The maximum Gasteiger partial charge on any atom is 0.257 e. The Bertz CT molecular complexity index is 1010. The first-order valence-electron chi connectivity index (χ1n) is 9.87. The quantitative estimate of drug-likeness (QED) is 0.677. The smallest absolute Gasteiger partial charge is 0.257 e. The molecule has 0 radical (unpaired) electrons. The highest BCUT2D eigenvalue weighted by Crippen LogP contribution is 2.25. The summed E-state index contributed by atoms with van der Waals surface area (Å²) in [6, 6.07) is 8.60. The zero-order valence-corrected chi connectivity index (χ0v) is 17.4. The SMILES string of the molecule is Cn1ccnc1C(NC(=O)C1CCCN(C(=O)c2ccoc2)C1)c1ccc(Cl)cc1. The summed E-state index contributed by atoms with van der Waals surface area (Å²) >= 11 is 6.04. The monoisotopic (exact) mass is 426 g/mol. The lowest BCUT2D eigenvalue weighted by Crippen LogP contribution is -2.46. The van der Waals surface area contributed by atoms with Crippen molar-refractivity contribution in [3.05, 3.63) is 77.2 Å². The Balaban J connectivity index is 1.51. The van der Waals surface area contributed by atoms with Gasteiger partial charge in [-0.15, -0.1) is 0 Å². The number of likely N-dealkylation sites (tertiary alicyclic amines) is 1. The predicted molar refractivity (Wildman–Crippen MR) is 112 cm³/mol. The van der Waals surface area contributed by atoms with Crippen molar-refractivity contribution in [2.24, 2.45) is 13.0 Å². The summed E-state index contributed by atoms with van der Waals surface area (Å²) in [6.45, 7) is 1.01. The number of hydrogen-bond donors (Lipinski definition) is 1. The van der Waals surface area contributed by atoms with Gasteiger partial charge < -0.3 is 19.2 Å². The molecule has 2 unspecified atom stereocenters. The van der Waals surface area contributed by atoms with Gasteiger partial charge in [-0.3, -0.25) is 9.59 Å². The van der Waals surface area contributed by atoms with Gasteiger partial charge in [0.05, 0.1) is 17.7 Å². The lowest BCUT2D eigenvalue weighted by molar-refractivity contribution is -0.126. The Kier molecular flexibility index (Phi) is 5.90. The second-order valence-electron chi connectivity index (χ2n) is 7.49. The van der Waals surface area contributed by atoms with Crippen molar-refractivity contribution in [3.8, 4) is 0 Å². The summed E-state index contributed by atoms with van der Waals surface area (Å²) < 4.78 is 6.90. The minimum Gasteiger partial charge on any atom is -0.472 e. The predicted octanol–water partition coefficient (Wildman–Crippen LogP) is 3.42. The van der Waals surface area contributed by atoms with Crippen LogP contribution in [0.2, 0.25) is 5.02 Å². The Labute approximate surface area is 179 Å². The lowest BCUT2D eigenvalue weighted by atomic mass is 9.95. The first kappa shape index (κ1) is 20.2. The maximum absolute atomic E-state index is 13.2. The van der Waals surface area contributed by atoms with Crippen LogP contribution >= 0.6 is 11.6 Å². The normalized spacial score (nSPS) is 17.5. The maximum atomic E-state index is 13.2. The molecule has 4 rings (SSSR count). The molecular formula is C22H23ClN4O3. The van der Waals surface area contributed by atoms with Crippen LogP contribution in [0.25, 0.3) is 0 Å². The van der Waals surface area contributed by atoms with E-state index in [1.54, 1.807) is 29.3 Å². The van der Waals surface area contributed by atoms with E-state index in [1.165, 1.54) is 12.5 Å². The largest absolute Gasteiger partial charge is 0.472 e. The minimum absolute atomic E-state index is 0.0948. The third-order valence-corrected chi connectivity index (χ3v) is 5.71. The molecule has 1 aromatic carbocycles. The highest BCUT2D eigenvalue weighted by Gasteiger charge is 2.31. The molecule has 156 valence electrons. The van der Waals surface area contributed by atoms with E-state index < -0.39 is 6.04 Å². The zero-order valence-electron chi connectivity index (χ0n) is 16.6. The first-order chi connectivity index (χ1) is 14.5. The second-order valence-corrected chi connectivity index (χ2v) is 7.93. The molecule has 1 saturated heterocycles. The van der Waals surface area contributed by atoms with Gasteiger partial charge in [-0.2, -0.15) is 0 Å². The molecular weight excluding hydrogens is 404 g/mol. The fraction of sp³-hybridized carbons (Fsp3) is 0.318. The van der Waals surface area contributed by atoms with Gasteiger partial charge in [0.2, 0.25) is 5.91 Å². The number of amides is 2. The Hall–Kier alpha value is -3.06. The third kappa shape index (κ3) is 4.26. The van der Waals surface area contributed by atoms with Crippen molar-refractivity contribution < 1.29 is 14.0 Å². The number of imidazole rings is 1. The Morgan fingerprint density at radius 2 is 2.07 bits per heavy atom. The number of benzene rings is 1. The van der Waals surface area contributed by atoms with E-state index in [0.717, 1.165) is 24.2 Å². The van der Waals surface area contributed by atoms with Crippen LogP contribution in [0.3, 0.4) is 0 Å². The van der Waals surface area contributed by atoms with Crippen LogP contribution in [-0.2, 0) is 11.8 Å². The van der Waals surface area contributed by atoms with E-state index in [9.17, 15) is 9.59 Å². The summed E-state index contributed by atoms with van der Waals surface area (Å²) in [6.07, 6.45) is 7.96. The van der Waals surface area contributed by atoms with Gasteiger partial charge in [0, 0.05) is 37.6 Å². The van der Waals surface area contributed by atoms with Crippen molar-refractivity contribution in [3.63, 3.8) is 0 Å². The van der Waals surface area contributed by atoms with Crippen molar-refractivity contribution in [2.45, 2.75) is 18.9 Å². The average molecular weight is 427 g/mol. The van der Waals surface area contributed by atoms with E-state index in [1.807, 2.05) is 29.9 Å². The molecule has 8 heteroatoms. The van der Waals surface area contributed by atoms with Crippen LogP contribution in [0, 0.1) is 5.92 Å². The highest BCUT2D eigenvalue weighted by atomic mass is 35.5. The average Bonchev–Trinajstić information content (AvgIpc) is 3.44. The Morgan fingerprint density at radius 3 is 2.73 bits per heavy atom.